The van der Waals surface area contributed by atoms with Crippen LogP contribution in [0, 0.1) is 0 Å². The van der Waals surface area contributed by atoms with Crippen LogP contribution in [0.4, 0.5) is 5.69 Å². The van der Waals surface area contributed by atoms with Gasteiger partial charge in [0.05, 0.1) is 17.0 Å². The SMILES string of the molecule is O=C(Nc1ccccc1C(=O)N1CCCCCC1)c1ccc([C@@H]2SCC(=O)N2CCc2ccccc2)cc1. The fraction of sp³-hybridized carbons (Fsp3) is 0.323. The second kappa shape index (κ2) is 12.3. The lowest BCUT2D eigenvalue weighted by Crippen LogP contribution is -2.32. The van der Waals surface area contributed by atoms with Gasteiger partial charge in [0.2, 0.25) is 5.91 Å². The van der Waals surface area contributed by atoms with Crippen LogP contribution in [0.5, 0.6) is 0 Å². The van der Waals surface area contributed by atoms with Crippen molar-refractivity contribution in [1.29, 1.82) is 0 Å². The molecular weight excluding hydrogens is 494 g/mol. The van der Waals surface area contributed by atoms with Crippen molar-refractivity contribution < 1.29 is 14.4 Å². The third-order valence-electron chi connectivity index (χ3n) is 7.21. The van der Waals surface area contributed by atoms with Gasteiger partial charge in [0.25, 0.3) is 11.8 Å². The Hall–Kier alpha value is -3.58. The Morgan fingerprint density at radius 2 is 1.53 bits per heavy atom. The number of amides is 3. The van der Waals surface area contributed by atoms with Crippen molar-refractivity contribution in [2.24, 2.45) is 0 Å². The molecule has 196 valence electrons. The second-order valence-electron chi connectivity index (χ2n) is 9.81. The lowest BCUT2D eigenvalue weighted by atomic mass is 10.1. The van der Waals surface area contributed by atoms with Gasteiger partial charge in [-0.1, -0.05) is 67.4 Å². The Morgan fingerprint density at radius 3 is 2.26 bits per heavy atom. The number of hydrogen-bond donors (Lipinski definition) is 1. The first kappa shape index (κ1) is 26.0. The number of carbonyl (C=O) groups excluding carboxylic acids is 3. The molecule has 2 fully saturated rings. The van der Waals surface area contributed by atoms with E-state index in [1.165, 1.54) is 5.56 Å². The molecule has 0 spiro atoms. The Bertz CT molecular complexity index is 1270. The Morgan fingerprint density at radius 1 is 0.842 bits per heavy atom. The molecule has 0 radical (unpaired) electrons. The average molecular weight is 528 g/mol. The number of nitrogens with zero attached hydrogens (tertiary/aromatic N) is 2. The van der Waals surface area contributed by atoms with Gasteiger partial charge in [-0.2, -0.15) is 0 Å². The number of likely N-dealkylation sites (tertiary alicyclic amines) is 1. The van der Waals surface area contributed by atoms with E-state index in [4.69, 9.17) is 0 Å². The highest BCUT2D eigenvalue weighted by atomic mass is 32.2. The molecule has 7 heteroatoms. The largest absolute Gasteiger partial charge is 0.339 e. The molecule has 3 aromatic carbocycles. The van der Waals surface area contributed by atoms with Crippen LogP contribution in [-0.4, -0.2) is 52.9 Å². The zero-order valence-corrected chi connectivity index (χ0v) is 22.3. The lowest BCUT2D eigenvalue weighted by Gasteiger charge is -2.24. The molecule has 0 saturated carbocycles. The molecule has 0 aromatic heterocycles. The highest BCUT2D eigenvalue weighted by Crippen LogP contribution is 2.38. The van der Waals surface area contributed by atoms with Crippen molar-refractivity contribution >= 4 is 35.2 Å². The van der Waals surface area contributed by atoms with E-state index in [0.717, 1.165) is 50.8 Å². The molecule has 1 atom stereocenters. The van der Waals surface area contributed by atoms with Gasteiger partial charge in [0.15, 0.2) is 0 Å². The number of nitrogens with one attached hydrogen (secondary N) is 1. The zero-order valence-electron chi connectivity index (χ0n) is 21.5. The maximum absolute atomic E-state index is 13.2. The first-order chi connectivity index (χ1) is 18.6. The summed E-state index contributed by atoms with van der Waals surface area (Å²) in [5.74, 6) is 0.313. The van der Waals surface area contributed by atoms with Gasteiger partial charge in [-0.15, -0.1) is 11.8 Å². The molecule has 2 saturated heterocycles. The minimum absolute atomic E-state index is 0.0309. The quantitative estimate of drug-likeness (QED) is 0.423. The molecule has 3 amide bonds. The predicted molar refractivity (Wildman–Crippen MR) is 152 cm³/mol. The summed E-state index contributed by atoms with van der Waals surface area (Å²) in [6, 6.07) is 24.8. The molecule has 38 heavy (non-hydrogen) atoms. The summed E-state index contributed by atoms with van der Waals surface area (Å²) in [5.41, 5.74) is 3.77. The maximum Gasteiger partial charge on any atom is 0.255 e. The Labute approximate surface area is 228 Å². The summed E-state index contributed by atoms with van der Waals surface area (Å²) in [6.07, 6.45) is 5.13. The van der Waals surface area contributed by atoms with E-state index in [2.05, 4.69) is 17.4 Å². The molecular formula is C31H33N3O3S. The zero-order chi connectivity index (χ0) is 26.3. The minimum Gasteiger partial charge on any atom is -0.339 e. The van der Waals surface area contributed by atoms with Crippen molar-refractivity contribution in [3.63, 3.8) is 0 Å². The molecule has 1 N–H and O–H groups in total. The monoisotopic (exact) mass is 527 g/mol. The number of carbonyl (C=O) groups is 3. The van der Waals surface area contributed by atoms with Crippen LogP contribution in [0.25, 0.3) is 0 Å². The first-order valence-corrected chi connectivity index (χ1v) is 14.4. The second-order valence-corrected chi connectivity index (χ2v) is 10.9. The average Bonchev–Trinajstić information content (AvgIpc) is 3.13. The summed E-state index contributed by atoms with van der Waals surface area (Å²) < 4.78 is 0. The van der Waals surface area contributed by atoms with E-state index in [9.17, 15) is 14.4 Å². The predicted octanol–water partition coefficient (Wildman–Crippen LogP) is 5.77. The van der Waals surface area contributed by atoms with Crippen LogP contribution >= 0.6 is 11.8 Å². The summed E-state index contributed by atoms with van der Waals surface area (Å²) >= 11 is 1.62. The highest BCUT2D eigenvalue weighted by molar-refractivity contribution is 8.00. The number of rotatable bonds is 7. The molecule has 2 aliphatic heterocycles. The molecule has 5 rings (SSSR count). The smallest absolute Gasteiger partial charge is 0.255 e. The molecule has 2 aliphatic rings. The van der Waals surface area contributed by atoms with Gasteiger partial charge < -0.3 is 15.1 Å². The Balaban J connectivity index is 1.25. The molecule has 6 nitrogen and oxygen atoms in total. The van der Waals surface area contributed by atoms with Crippen LogP contribution < -0.4 is 5.32 Å². The van der Waals surface area contributed by atoms with E-state index < -0.39 is 0 Å². The Kier molecular flexibility index (Phi) is 8.44. The van der Waals surface area contributed by atoms with Gasteiger partial charge in [0.1, 0.15) is 5.37 Å². The van der Waals surface area contributed by atoms with E-state index in [0.29, 0.717) is 29.1 Å². The lowest BCUT2D eigenvalue weighted by molar-refractivity contribution is -0.128. The van der Waals surface area contributed by atoms with Crippen LogP contribution in [0.1, 0.15) is 62.9 Å². The number of thioether (sulfide) groups is 1. The molecule has 3 aromatic rings. The summed E-state index contributed by atoms with van der Waals surface area (Å²) in [7, 11) is 0. The molecule has 0 aliphatic carbocycles. The van der Waals surface area contributed by atoms with E-state index >= 15 is 0 Å². The maximum atomic E-state index is 13.2. The number of benzene rings is 3. The van der Waals surface area contributed by atoms with Crippen molar-refractivity contribution in [1.82, 2.24) is 9.80 Å². The summed E-state index contributed by atoms with van der Waals surface area (Å²) in [4.78, 5) is 42.8. The number of para-hydroxylation sites is 1. The van der Waals surface area contributed by atoms with Gasteiger partial charge >= 0.3 is 0 Å². The van der Waals surface area contributed by atoms with Crippen LogP contribution in [-0.2, 0) is 11.2 Å². The fourth-order valence-electron chi connectivity index (χ4n) is 5.08. The minimum atomic E-state index is -0.260. The highest BCUT2D eigenvalue weighted by Gasteiger charge is 2.32. The van der Waals surface area contributed by atoms with Gasteiger partial charge in [-0.25, -0.2) is 0 Å². The van der Waals surface area contributed by atoms with Crippen LogP contribution in [0.3, 0.4) is 0 Å². The van der Waals surface area contributed by atoms with Gasteiger partial charge in [-0.3, -0.25) is 14.4 Å². The normalized spacial score (nSPS) is 17.8. The van der Waals surface area contributed by atoms with Crippen molar-refractivity contribution in [3.8, 4) is 0 Å². The topological polar surface area (TPSA) is 69.7 Å². The van der Waals surface area contributed by atoms with Crippen LogP contribution in [0.15, 0.2) is 78.9 Å². The van der Waals surface area contributed by atoms with E-state index in [1.807, 2.05) is 52.3 Å². The molecule has 2 heterocycles. The standard InChI is InChI=1S/C31H33N3O3S/c35-28-22-38-31(34(28)21-18-23-10-4-3-5-11-23)25-16-14-24(15-17-25)29(36)32-27-13-7-6-12-26(27)30(37)33-19-8-1-2-9-20-33/h3-7,10-17,31H,1-2,8-9,18-22H2,(H,32,36)/t31-/m0/s1. The van der Waals surface area contributed by atoms with E-state index in [-0.39, 0.29) is 23.1 Å². The third kappa shape index (κ3) is 6.10. The van der Waals surface area contributed by atoms with Crippen molar-refractivity contribution in [2.75, 3.05) is 30.7 Å². The van der Waals surface area contributed by atoms with Crippen molar-refractivity contribution in [3.05, 3.63) is 101 Å². The van der Waals surface area contributed by atoms with Crippen molar-refractivity contribution in [2.45, 2.75) is 37.5 Å². The third-order valence-corrected chi connectivity index (χ3v) is 8.47. The van der Waals surface area contributed by atoms with Crippen LogP contribution in [0.2, 0.25) is 0 Å². The van der Waals surface area contributed by atoms with Gasteiger partial charge in [-0.05, 0) is 54.7 Å². The van der Waals surface area contributed by atoms with Gasteiger partial charge in [0, 0.05) is 25.2 Å². The van der Waals surface area contributed by atoms with E-state index in [1.54, 1.807) is 36.0 Å². The fourth-order valence-corrected chi connectivity index (χ4v) is 6.30. The number of hydrogen-bond acceptors (Lipinski definition) is 4. The molecule has 0 bridgehead atoms. The number of anilines is 1. The molecule has 0 unspecified atom stereocenters. The summed E-state index contributed by atoms with van der Waals surface area (Å²) in [6.45, 7) is 2.17. The summed E-state index contributed by atoms with van der Waals surface area (Å²) in [5, 5.41) is 2.89. The first-order valence-electron chi connectivity index (χ1n) is 13.3.